The van der Waals surface area contributed by atoms with Crippen molar-refractivity contribution in [2.45, 2.75) is 19.8 Å². The van der Waals surface area contributed by atoms with Crippen molar-refractivity contribution in [2.24, 2.45) is 5.84 Å². The lowest BCUT2D eigenvalue weighted by molar-refractivity contribution is 0.102. The molecule has 100 valence electrons. The maximum absolute atomic E-state index is 12.1. The molecule has 0 saturated carbocycles. The smallest absolute Gasteiger partial charge is 0.257 e. The molecular weight excluding hydrogens is 264 g/mol. The Bertz CT molecular complexity index is 556. The Labute approximate surface area is 114 Å². The van der Waals surface area contributed by atoms with Gasteiger partial charge in [-0.25, -0.2) is 10.8 Å². The molecule has 0 unspecified atom stereocenters. The van der Waals surface area contributed by atoms with E-state index in [0.29, 0.717) is 16.5 Å². The van der Waals surface area contributed by atoms with Gasteiger partial charge in [-0.3, -0.25) is 10.1 Å². The highest BCUT2D eigenvalue weighted by molar-refractivity contribution is 7.13. The predicted molar refractivity (Wildman–Crippen MR) is 73.9 cm³/mol. The Kier molecular flexibility index (Phi) is 4.37. The molecule has 0 aliphatic carbocycles. The summed E-state index contributed by atoms with van der Waals surface area (Å²) in [6.45, 7) is 2.05. The molecular formula is C11H14N6OS. The Morgan fingerprint density at radius 1 is 1.47 bits per heavy atom. The summed E-state index contributed by atoms with van der Waals surface area (Å²) in [5, 5.41) is 10.6. The zero-order valence-corrected chi connectivity index (χ0v) is 11.2. The van der Waals surface area contributed by atoms with E-state index >= 15 is 0 Å². The summed E-state index contributed by atoms with van der Waals surface area (Å²) in [5.41, 5.74) is 5.32. The van der Waals surface area contributed by atoms with Gasteiger partial charge in [-0.05, 0) is 18.6 Å². The van der Waals surface area contributed by atoms with Crippen LogP contribution in [0.3, 0.4) is 0 Å². The number of rotatable bonds is 5. The van der Waals surface area contributed by atoms with Crippen molar-refractivity contribution in [3.8, 4) is 0 Å². The third-order valence-electron chi connectivity index (χ3n) is 2.38. The van der Waals surface area contributed by atoms with Crippen LogP contribution in [0.2, 0.25) is 0 Å². The fraction of sp³-hybridized carbons (Fsp3) is 0.273. The van der Waals surface area contributed by atoms with Crippen LogP contribution >= 0.6 is 11.3 Å². The number of hydrazine groups is 1. The Hall–Kier alpha value is -2.06. The van der Waals surface area contributed by atoms with Crippen molar-refractivity contribution in [1.82, 2.24) is 15.2 Å². The highest BCUT2D eigenvalue weighted by Gasteiger charge is 2.11. The van der Waals surface area contributed by atoms with Crippen LogP contribution in [0.1, 0.15) is 29.4 Å². The number of carbonyl (C=O) groups excluding carboxylic acids is 1. The lowest BCUT2D eigenvalue weighted by Crippen LogP contribution is -2.15. The molecule has 0 aromatic carbocycles. The molecule has 0 spiro atoms. The molecule has 2 heterocycles. The number of nitrogens with zero attached hydrogens (tertiary/aromatic N) is 3. The van der Waals surface area contributed by atoms with Gasteiger partial charge >= 0.3 is 0 Å². The van der Waals surface area contributed by atoms with Crippen molar-refractivity contribution < 1.29 is 4.79 Å². The molecule has 2 aromatic heterocycles. The monoisotopic (exact) mass is 278 g/mol. The zero-order chi connectivity index (χ0) is 13.7. The number of nitrogens with two attached hydrogens (primary N) is 1. The first-order valence-electron chi connectivity index (χ1n) is 5.78. The lowest BCUT2D eigenvalue weighted by Gasteiger charge is -2.07. The number of hydrogen-bond donors (Lipinski definition) is 3. The average molecular weight is 278 g/mol. The van der Waals surface area contributed by atoms with E-state index in [2.05, 4.69) is 25.9 Å². The van der Waals surface area contributed by atoms with Gasteiger partial charge in [0.1, 0.15) is 11.3 Å². The van der Waals surface area contributed by atoms with Crippen LogP contribution in [0.15, 0.2) is 17.6 Å². The molecule has 0 aliphatic heterocycles. The van der Waals surface area contributed by atoms with Crippen LogP contribution in [-0.2, 0) is 6.42 Å². The Balaban J connectivity index is 2.22. The molecule has 0 bridgehead atoms. The van der Waals surface area contributed by atoms with Crippen LogP contribution in [0.5, 0.6) is 0 Å². The second-order valence-electron chi connectivity index (χ2n) is 3.82. The molecule has 19 heavy (non-hydrogen) atoms. The van der Waals surface area contributed by atoms with Crippen LogP contribution in [0.25, 0.3) is 0 Å². The van der Waals surface area contributed by atoms with Gasteiger partial charge in [0.05, 0.1) is 0 Å². The number of nitrogen functional groups attached to an aromatic ring is 1. The van der Waals surface area contributed by atoms with E-state index < -0.39 is 0 Å². The van der Waals surface area contributed by atoms with Gasteiger partial charge < -0.3 is 5.43 Å². The van der Waals surface area contributed by atoms with E-state index in [0.717, 1.165) is 18.5 Å². The van der Waals surface area contributed by atoms with Gasteiger partial charge in [-0.15, -0.1) is 10.2 Å². The molecule has 0 fully saturated rings. The predicted octanol–water partition coefficient (Wildman–Crippen LogP) is 1.42. The SMILES string of the molecule is CCCc1cc(C(=O)Nc2nncs2)cc(NN)n1. The van der Waals surface area contributed by atoms with Gasteiger partial charge in [-0.2, -0.15) is 0 Å². The van der Waals surface area contributed by atoms with E-state index in [1.165, 1.54) is 11.3 Å². The molecule has 4 N–H and O–H groups in total. The number of pyridine rings is 1. The van der Waals surface area contributed by atoms with E-state index in [1.54, 1.807) is 17.6 Å². The van der Waals surface area contributed by atoms with Crippen molar-refractivity contribution >= 4 is 28.2 Å². The van der Waals surface area contributed by atoms with Crippen molar-refractivity contribution in [3.63, 3.8) is 0 Å². The fourth-order valence-corrected chi connectivity index (χ4v) is 2.01. The number of nitrogens with one attached hydrogen (secondary N) is 2. The maximum Gasteiger partial charge on any atom is 0.257 e. The lowest BCUT2D eigenvalue weighted by atomic mass is 10.1. The molecule has 0 aliphatic rings. The van der Waals surface area contributed by atoms with Crippen LogP contribution < -0.4 is 16.6 Å². The zero-order valence-electron chi connectivity index (χ0n) is 10.4. The van der Waals surface area contributed by atoms with E-state index in [1.807, 2.05) is 6.92 Å². The molecule has 2 aromatic rings. The molecule has 1 amide bonds. The first-order valence-corrected chi connectivity index (χ1v) is 6.66. The summed E-state index contributed by atoms with van der Waals surface area (Å²) in [7, 11) is 0. The minimum atomic E-state index is -0.256. The number of aromatic nitrogens is 3. The van der Waals surface area contributed by atoms with Gasteiger partial charge in [0, 0.05) is 11.3 Å². The minimum Gasteiger partial charge on any atom is -0.308 e. The third kappa shape index (κ3) is 3.46. The second-order valence-corrected chi connectivity index (χ2v) is 4.66. The Morgan fingerprint density at radius 2 is 2.32 bits per heavy atom. The van der Waals surface area contributed by atoms with Gasteiger partial charge in [-0.1, -0.05) is 24.7 Å². The topological polar surface area (TPSA) is 106 Å². The minimum absolute atomic E-state index is 0.256. The maximum atomic E-state index is 12.1. The molecule has 8 heteroatoms. The van der Waals surface area contributed by atoms with E-state index in [-0.39, 0.29) is 5.91 Å². The second kappa shape index (κ2) is 6.21. The van der Waals surface area contributed by atoms with Crippen molar-refractivity contribution in [3.05, 3.63) is 28.9 Å². The first kappa shape index (κ1) is 13.4. The van der Waals surface area contributed by atoms with Gasteiger partial charge in [0.2, 0.25) is 5.13 Å². The normalized spacial score (nSPS) is 10.2. The number of anilines is 2. The number of carbonyl (C=O) groups is 1. The van der Waals surface area contributed by atoms with Crippen molar-refractivity contribution in [1.29, 1.82) is 0 Å². The summed E-state index contributed by atoms with van der Waals surface area (Å²) in [5.74, 6) is 5.57. The third-order valence-corrected chi connectivity index (χ3v) is 2.98. The van der Waals surface area contributed by atoms with Gasteiger partial charge in [0.25, 0.3) is 5.91 Å². The summed E-state index contributed by atoms with van der Waals surface area (Å²) in [6, 6.07) is 3.34. The summed E-state index contributed by atoms with van der Waals surface area (Å²) < 4.78 is 0. The van der Waals surface area contributed by atoms with E-state index in [9.17, 15) is 4.79 Å². The standard InChI is InChI=1S/C11H14N6OS/c1-2-3-8-4-7(5-9(14-8)16-12)10(18)15-11-17-13-6-19-11/h4-6H,2-3,12H2,1H3,(H,14,16)(H,15,17,18). The quantitative estimate of drug-likeness (QED) is 0.564. The average Bonchev–Trinajstić information content (AvgIpc) is 2.91. The number of amides is 1. The van der Waals surface area contributed by atoms with Gasteiger partial charge in [0.15, 0.2) is 0 Å². The van der Waals surface area contributed by atoms with E-state index in [4.69, 9.17) is 5.84 Å². The Morgan fingerprint density at radius 3 is 2.95 bits per heavy atom. The highest BCUT2D eigenvalue weighted by atomic mass is 32.1. The fourth-order valence-electron chi connectivity index (χ4n) is 1.57. The molecule has 0 saturated heterocycles. The molecule has 0 radical (unpaired) electrons. The molecule has 7 nitrogen and oxygen atoms in total. The highest BCUT2D eigenvalue weighted by Crippen LogP contribution is 2.14. The van der Waals surface area contributed by atoms with Crippen LogP contribution in [0.4, 0.5) is 10.9 Å². The van der Waals surface area contributed by atoms with Crippen LogP contribution in [0, 0.1) is 0 Å². The van der Waals surface area contributed by atoms with Crippen LogP contribution in [-0.4, -0.2) is 21.1 Å². The largest absolute Gasteiger partial charge is 0.308 e. The summed E-state index contributed by atoms with van der Waals surface area (Å²) >= 11 is 1.26. The van der Waals surface area contributed by atoms with Crippen molar-refractivity contribution in [2.75, 3.05) is 10.7 Å². The number of aryl methyl sites for hydroxylation is 1. The summed E-state index contributed by atoms with van der Waals surface area (Å²) in [6.07, 6.45) is 1.73. The number of hydrogen-bond acceptors (Lipinski definition) is 7. The molecule has 0 atom stereocenters. The first-order chi connectivity index (χ1) is 9.22. The molecule has 2 rings (SSSR count). The summed E-state index contributed by atoms with van der Waals surface area (Å²) in [4.78, 5) is 16.3.